The van der Waals surface area contributed by atoms with Gasteiger partial charge < -0.3 is 10.4 Å². The molecule has 0 aliphatic carbocycles. The molecule has 0 spiro atoms. The summed E-state index contributed by atoms with van der Waals surface area (Å²) in [6, 6.07) is 1.25. The van der Waals surface area contributed by atoms with Crippen LogP contribution < -0.4 is 5.32 Å². The van der Waals surface area contributed by atoms with E-state index in [2.05, 4.69) is 0 Å². The number of rotatable bonds is 3. The van der Waals surface area contributed by atoms with Crippen LogP contribution in [0.2, 0.25) is 5.02 Å². The molecule has 0 aliphatic heterocycles. The number of aliphatic carboxylic acids is 1. The summed E-state index contributed by atoms with van der Waals surface area (Å²) in [7, 11) is 0. The number of hydrogen-bond acceptors (Lipinski definition) is 2. The van der Waals surface area contributed by atoms with Crippen LogP contribution in [0.5, 0.6) is 0 Å². The first-order valence-electron chi connectivity index (χ1n) is 5.06. The molecular weight excluding hydrogens is 268 g/mol. The van der Waals surface area contributed by atoms with E-state index in [0.29, 0.717) is 12.1 Å². The van der Waals surface area contributed by atoms with Gasteiger partial charge in [0.25, 0.3) is 5.91 Å². The summed E-state index contributed by atoms with van der Waals surface area (Å²) >= 11 is 5.28. The topological polar surface area (TPSA) is 66.4 Å². The molecule has 0 saturated carbocycles. The average molecular weight is 280 g/mol. The van der Waals surface area contributed by atoms with Crippen molar-refractivity contribution >= 4 is 23.5 Å². The summed E-state index contributed by atoms with van der Waals surface area (Å²) in [6.45, 7) is 3.32. The third-order valence-electron chi connectivity index (χ3n) is 1.65. The maximum Gasteiger partial charge on any atom is 0.322 e. The molecule has 0 fully saturated rings. The Kier molecular flexibility index (Phi) is 6.89. The molecule has 2 N–H and O–H groups in total. The van der Waals surface area contributed by atoms with Gasteiger partial charge in [-0.05, 0) is 12.1 Å². The quantitative estimate of drug-likeness (QED) is 0.835. The number of amides is 1. The number of carboxylic acid groups (broad SMARTS) is 1. The summed E-state index contributed by atoms with van der Waals surface area (Å²) in [5.41, 5.74) is -0.594. The van der Waals surface area contributed by atoms with Gasteiger partial charge in [0.2, 0.25) is 0 Å². The SMILES string of the molecule is CC.O=C(O)CNC(=O)c1cc(F)c(Cl)cc1F. The molecule has 1 rings (SSSR count). The third kappa shape index (κ3) is 4.67. The summed E-state index contributed by atoms with van der Waals surface area (Å²) in [4.78, 5) is 21.3. The predicted octanol–water partition coefficient (Wildman–Crippen LogP) is 2.46. The zero-order chi connectivity index (χ0) is 14.3. The van der Waals surface area contributed by atoms with Crippen LogP contribution in [0.15, 0.2) is 12.1 Å². The summed E-state index contributed by atoms with van der Waals surface area (Å²) in [5, 5.41) is 9.72. The summed E-state index contributed by atoms with van der Waals surface area (Å²) in [5.74, 6) is -4.28. The summed E-state index contributed by atoms with van der Waals surface area (Å²) < 4.78 is 26.1. The molecular formula is C11H12ClF2NO3. The van der Waals surface area contributed by atoms with E-state index in [1.807, 2.05) is 19.2 Å². The lowest BCUT2D eigenvalue weighted by Gasteiger charge is -2.04. The largest absolute Gasteiger partial charge is 0.480 e. The predicted molar refractivity (Wildman–Crippen MR) is 62.7 cm³/mol. The van der Waals surface area contributed by atoms with Gasteiger partial charge >= 0.3 is 5.97 Å². The van der Waals surface area contributed by atoms with Crippen LogP contribution in [-0.4, -0.2) is 23.5 Å². The number of benzene rings is 1. The van der Waals surface area contributed by atoms with Gasteiger partial charge in [0.1, 0.15) is 18.2 Å². The molecule has 7 heteroatoms. The fourth-order valence-electron chi connectivity index (χ4n) is 0.948. The highest BCUT2D eigenvalue weighted by Crippen LogP contribution is 2.19. The van der Waals surface area contributed by atoms with Gasteiger partial charge in [-0.1, -0.05) is 25.4 Å². The molecule has 0 bridgehead atoms. The second-order valence-corrected chi connectivity index (χ2v) is 3.23. The molecule has 0 atom stereocenters. The molecule has 1 amide bonds. The van der Waals surface area contributed by atoms with Crippen molar-refractivity contribution in [3.63, 3.8) is 0 Å². The Hall–Kier alpha value is -1.69. The fourth-order valence-corrected chi connectivity index (χ4v) is 1.10. The molecule has 0 radical (unpaired) electrons. The van der Waals surface area contributed by atoms with E-state index in [-0.39, 0.29) is 0 Å². The molecule has 0 unspecified atom stereocenters. The monoisotopic (exact) mass is 279 g/mol. The minimum Gasteiger partial charge on any atom is -0.480 e. The normalized spacial score (nSPS) is 9.17. The smallest absolute Gasteiger partial charge is 0.322 e. The Morgan fingerprint density at radius 2 is 1.83 bits per heavy atom. The first kappa shape index (κ1) is 16.3. The lowest BCUT2D eigenvalue weighted by Crippen LogP contribution is -2.30. The lowest BCUT2D eigenvalue weighted by atomic mass is 10.2. The number of carbonyl (C=O) groups is 2. The maximum atomic E-state index is 13.1. The van der Waals surface area contributed by atoms with Crippen LogP contribution in [-0.2, 0) is 4.79 Å². The number of carbonyl (C=O) groups excluding carboxylic acids is 1. The summed E-state index contributed by atoms with van der Waals surface area (Å²) in [6.07, 6.45) is 0. The van der Waals surface area contributed by atoms with Crippen LogP contribution in [0.4, 0.5) is 8.78 Å². The van der Waals surface area contributed by atoms with E-state index in [1.165, 1.54) is 0 Å². The van der Waals surface area contributed by atoms with E-state index in [9.17, 15) is 18.4 Å². The van der Waals surface area contributed by atoms with E-state index in [0.717, 1.165) is 0 Å². The Balaban J connectivity index is 0.00000137. The molecule has 1 aromatic rings. The lowest BCUT2D eigenvalue weighted by molar-refractivity contribution is -0.135. The van der Waals surface area contributed by atoms with Gasteiger partial charge in [0.05, 0.1) is 10.6 Å². The number of carboxylic acids is 1. The second kappa shape index (κ2) is 7.60. The van der Waals surface area contributed by atoms with Crippen LogP contribution in [0.3, 0.4) is 0 Å². The van der Waals surface area contributed by atoms with Crippen molar-refractivity contribution in [1.29, 1.82) is 0 Å². The van der Waals surface area contributed by atoms with Crippen molar-refractivity contribution in [3.05, 3.63) is 34.4 Å². The van der Waals surface area contributed by atoms with Crippen molar-refractivity contribution in [3.8, 4) is 0 Å². The molecule has 0 heterocycles. The van der Waals surface area contributed by atoms with E-state index in [1.54, 1.807) is 0 Å². The fraction of sp³-hybridized carbons (Fsp3) is 0.273. The Morgan fingerprint density at radius 1 is 1.28 bits per heavy atom. The maximum absolute atomic E-state index is 13.1. The highest BCUT2D eigenvalue weighted by molar-refractivity contribution is 6.30. The Labute approximate surface area is 108 Å². The van der Waals surface area contributed by atoms with E-state index in [4.69, 9.17) is 16.7 Å². The third-order valence-corrected chi connectivity index (χ3v) is 1.94. The highest BCUT2D eigenvalue weighted by atomic mass is 35.5. The first-order valence-corrected chi connectivity index (χ1v) is 5.44. The van der Waals surface area contributed by atoms with Crippen LogP contribution in [0.25, 0.3) is 0 Å². The molecule has 100 valence electrons. The molecule has 0 aromatic heterocycles. The van der Waals surface area contributed by atoms with Crippen molar-refractivity contribution in [2.75, 3.05) is 6.54 Å². The molecule has 18 heavy (non-hydrogen) atoms. The van der Waals surface area contributed by atoms with E-state index >= 15 is 0 Å². The number of halogens is 3. The zero-order valence-electron chi connectivity index (χ0n) is 9.76. The first-order chi connectivity index (χ1) is 8.41. The van der Waals surface area contributed by atoms with Crippen LogP contribution >= 0.6 is 11.6 Å². The molecule has 4 nitrogen and oxygen atoms in total. The second-order valence-electron chi connectivity index (χ2n) is 2.82. The van der Waals surface area contributed by atoms with E-state index < -0.39 is 40.6 Å². The van der Waals surface area contributed by atoms with Gasteiger partial charge in [0, 0.05) is 0 Å². The van der Waals surface area contributed by atoms with Crippen molar-refractivity contribution < 1.29 is 23.5 Å². The Bertz CT molecular complexity index is 452. The van der Waals surface area contributed by atoms with Gasteiger partial charge in [0.15, 0.2) is 0 Å². The van der Waals surface area contributed by atoms with Gasteiger partial charge in [-0.2, -0.15) is 0 Å². The number of hydrogen-bond donors (Lipinski definition) is 2. The minimum atomic E-state index is -1.29. The average Bonchev–Trinajstić information content (AvgIpc) is 2.33. The van der Waals surface area contributed by atoms with Crippen LogP contribution in [0.1, 0.15) is 24.2 Å². The molecule has 0 saturated heterocycles. The zero-order valence-corrected chi connectivity index (χ0v) is 10.5. The van der Waals surface area contributed by atoms with Crippen molar-refractivity contribution in [2.45, 2.75) is 13.8 Å². The van der Waals surface area contributed by atoms with Gasteiger partial charge in [-0.15, -0.1) is 0 Å². The van der Waals surface area contributed by atoms with Crippen LogP contribution in [0, 0.1) is 11.6 Å². The molecule has 1 aromatic carbocycles. The van der Waals surface area contributed by atoms with Gasteiger partial charge in [-0.3, -0.25) is 9.59 Å². The van der Waals surface area contributed by atoms with Gasteiger partial charge in [-0.25, -0.2) is 8.78 Å². The van der Waals surface area contributed by atoms with Crippen molar-refractivity contribution in [2.24, 2.45) is 0 Å². The standard InChI is InChI=1S/C9H6ClF2NO3.C2H6/c10-5-2-6(11)4(1-7(5)12)9(16)13-3-8(14)15;1-2/h1-2H,3H2,(H,13,16)(H,14,15);1-2H3. The van der Waals surface area contributed by atoms with Crippen molar-refractivity contribution in [1.82, 2.24) is 5.32 Å². The minimum absolute atomic E-state index is 0.452. The number of nitrogens with one attached hydrogen (secondary N) is 1. The highest BCUT2D eigenvalue weighted by Gasteiger charge is 2.15. The Morgan fingerprint density at radius 3 is 2.33 bits per heavy atom. The molecule has 0 aliphatic rings.